The average molecular weight is 306 g/mol. The summed E-state index contributed by atoms with van der Waals surface area (Å²) in [4.78, 5) is 9.71. The zero-order chi connectivity index (χ0) is 14.2. The van der Waals surface area contributed by atoms with Crippen molar-refractivity contribution in [2.75, 3.05) is 37.6 Å². The normalized spacial score (nSPS) is 33.6. The molecule has 2 heterocycles. The summed E-state index contributed by atoms with van der Waals surface area (Å²) in [5.74, 6) is 4.05. The van der Waals surface area contributed by atoms with E-state index in [1.807, 2.05) is 6.92 Å². The van der Waals surface area contributed by atoms with Gasteiger partial charge in [-0.05, 0) is 56.9 Å². The van der Waals surface area contributed by atoms with E-state index in [-0.39, 0.29) is 0 Å². The summed E-state index contributed by atoms with van der Waals surface area (Å²) < 4.78 is 4.33. The van der Waals surface area contributed by atoms with Crippen molar-refractivity contribution in [1.29, 1.82) is 0 Å². The number of anilines is 1. The maximum absolute atomic E-state index is 4.55. The van der Waals surface area contributed by atoms with Crippen LogP contribution in [0, 0.1) is 24.7 Å². The van der Waals surface area contributed by atoms with E-state index < -0.39 is 0 Å². The van der Waals surface area contributed by atoms with Gasteiger partial charge in [0.2, 0.25) is 5.13 Å². The second kappa shape index (κ2) is 5.84. The molecule has 3 unspecified atom stereocenters. The number of aryl methyl sites for hydroxylation is 1. The Morgan fingerprint density at radius 2 is 2.10 bits per heavy atom. The maximum Gasteiger partial charge on any atom is 0.205 e. The molecule has 0 radical (unpaired) electrons. The van der Waals surface area contributed by atoms with Crippen molar-refractivity contribution in [3.63, 3.8) is 0 Å². The highest BCUT2D eigenvalue weighted by Gasteiger charge is 2.40. The van der Waals surface area contributed by atoms with Gasteiger partial charge in [0.25, 0.3) is 0 Å². The van der Waals surface area contributed by atoms with E-state index in [1.165, 1.54) is 51.7 Å². The van der Waals surface area contributed by atoms with E-state index in [4.69, 9.17) is 0 Å². The van der Waals surface area contributed by atoms with Gasteiger partial charge >= 0.3 is 0 Å². The molecule has 116 valence electrons. The van der Waals surface area contributed by atoms with E-state index in [2.05, 4.69) is 19.2 Å². The van der Waals surface area contributed by atoms with Crippen LogP contribution >= 0.6 is 11.5 Å². The standard InChI is InChI=1S/C16H26N4S/c1-12-17-16(21-18-12)20-6-2-5-19(7-8-20)11-15-10-13-3-4-14(15)9-13/h13-15H,2-11H2,1H3. The van der Waals surface area contributed by atoms with Gasteiger partial charge in [-0.15, -0.1) is 0 Å². The van der Waals surface area contributed by atoms with Crippen LogP contribution in [0.4, 0.5) is 5.13 Å². The van der Waals surface area contributed by atoms with E-state index >= 15 is 0 Å². The molecule has 0 spiro atoms. The van der Waals surface area contributed by atoms with E-state index in [0.717, 1.165) is 41.8 Å². The number of nitrogens with zero attached hydrogens (tertiary/aromatic N) is 4. The van der Waals surface area contributed by atoms with Crippen LogP contribution in [-0.4, -0.2) is 47.0 Å². The highest BCUT2D eigenvalue weighted by molar-refractivity contribution is 7.09. The monoisotopic (exact) mass is 306 g/mol. The Morgan fingerprint density at radius 1 is 1.14 bits per heavy atom. The first kappa shape index (κ1) is 13.9. The Labute approximate surface area is 131 Å². The predicted molar refractivity (Wildman–Crippen MR) is 86.9 cm³/mol. The SMILES string of the molecule is Cc1nsc(N2CCCN(CC3CC4CCC3C4)CC2)n1. The first-order valence-corrected chi connectivity index (χ1v) is 9.33. The first-order chi connectivity index (χ1) is 10.3. The van der Waals surface area contributed by atoms with Gasteiger partial charge in [0, 0.05) is 37.7 Å². The van der Waals surface area contributed by atoms with Crippen molar-refractivity contribution < 1.29 is 0 Å². The summed E-state index contributed by atoms with van der Waals surface area (Å²) >= 11 is 1.56. The zero-order valence-electron chi connectivity index (χ0n) is 13.0. The molecule has 5 heteroatoms. The van der Waals surface area contributed by atoms with E-state index in [0.29, 0.717) is 0 Å². The summed E-state index contributed by atoms with van der Waals surface area (Å²) in [5, 5.41) is 1.12. The Bertz CT molecular complexity index is 488. The summed E-state index contributed by atoms with van der Waals surface area (Å²) in [6.45, 7) is 8.06. The van der Waals surface area contributed by atoms with Crippen molar-refractivity contribution in [3.05, 3.63) is 5.82 Å². The third kappa shape index (κ3) is 2.95. The molecular weight excluding hydrogens is 280 g/mol. The van der Waals surface area contributed by atoms with Crippen LogP contribution in [-0.2, 0) is 0 Å². The second-order valence-electron chi connectivity index (χ2n) is 7.20. The summed E-state index contributed by atoms with van der Waals surface area (Å²) in [7, 11) is 0. The molecule has 4 nitrogen and oxygen atoms in total. The van der Waals surface area contributed by atoms with Gasteiger partial charge in [-0.1, -0.05) is 6.42 Å². The van der Waals surface area contributed by atoms with Crippen LogP contribution in [0.3, 0.4) is 0 Å². The molecule has 2 aliphatic carbocycles. The number of hydrogen-bond acceptors (Lipinski definition) is 5. The topological polar surface area (TPSA) is 32.3 Å². The molecule has 3 aliphatic rings. The molecule has 0 N–H and O–H groups in total. The fourth-order valence-corrected chi connectivity index (χ4v) is 5.42. The molecule has 21 heavy (non-hydrogen) atoms. The van der Waals surface area contributed by atoms with Crippen molar-refractivity contribution in [1.82, 2.24) is 14.3 Å². The fourth-order valence-electron chi connectivity index (χ4n) is 4.69. The molecule has 3 fully saturated rings. The molecule has 1 aromatic heterocycles. The Balaban J connectivity index is 1.33. The number of fused-ring (bicyclic) bond motifs is 2. The van der Waals surface area contributed by atoms with Gasteiger partial charge in [0.05, 0.1) is 0 Å². The van der Waals surface area contributed by atoms with Gasteiger partial charge in [-0.3, -0.25) is 0 Å². The maximum atomic E-state index is 4.55. The Hall–Kier alpha value is -0.680. The molecule has 4 rings (SSSR count). The molecule has 2 bridgehead atoms. The molecular formula is C16H26N4S. The minimum atomic E-state index is 0.915. The summed E-state index contributed by atoms with van der Waals surface area (Å²) in [6, 6.07) is 0. The lowest BCUT2D eigenvalue weighted by Gasteiger charge is -2.29. The average Bonchev–Trinajstić information content (AvgIpc) is 3.15. The second-order valence-corrected chi connectivity index (χ2v) is 7.93. The van der Waals surface area contributed by atoms with Crippen molar-refractivity contribution in [2.24, 2.45) is 17.8 Å². The molecule has 3 atom stereocenters. The van der Waals surface area contributed by atoms with Gasteiger partial charge in [0.15, 0.2) is 0 Å². The van der Waals surface area contributed by atoms with Crippen molar-refractivity contribution >= 4 is 16.7 Å². The molecule has 2 saturated carbocycles. The third-order valence-corrected chi connectivity index (χ3v) is 6.62. The quantitative estimate of drug-likeness (QED) is 0.859. The first-order valence-electron chi connectivity index (χ1n) is 8.55. The lowest BCUT2D eigenvalue weighted by atomic mass is 9.88. The lowest BCUT2D eigenvalue weighted by Crippen LogP contribution is -2.35. The Morgan fingerprint density at radius 3 is 2.81 bits per heavy atom. The zero-order valence-corrected chi connectivity index (χ0v) is 13.8. The largest absolute Gasteiger partial charge is 0.346 e. The summed E-state index contributed by atoms with van der Waals surface area (Å²) in [5.41, 5.74) is 0. The van der Waals surface area contributed by atoms with Crippen molar-refractivity contribution in [3.8, 4) is 0 Å². The molecule has 1 aromatic rings. The summed E-state index contributed by atoms with van der Waals surface area (Å²) in [6.07, 6.45) is 7.35. The molecule has 0 amide bonds. The van der Waals surface area contributed by atoms with Crippen LogP contribution in [0.25, 0.3) is 0 Å². The van der Waals surface area contributed by atoms with Crippen LogP contribution < -0.4 is 4.90 Å². The minimum Gasteiger partial charge on any atom is -0.346 e. The number of rotatable bonds is 3. The fraction of sp³-hybridized carbons (Fsp3) is 0.875. The highest BCUT2D eigenvalue weighted by Crippen LogP contribution is 2.48. The van der Waals surface area contributed by atoms with Crippen LogP contribution in [0.5, 0.6) is 0 Å². The highest BCUT2D eigenvalue weighted by atomic mass is 32.1. The lowest BCUT2D eigenvalue weighted by molar-refractivity contribution is 0.199. The van der Waals surface area contributed by atoms with E-state index in [1.54, 1.807) is 11.5 Å². The van der Waals surface area contributed by atoms with Crippen LogP contribution in [0.1, 0.15) is 37.9 Å². The van der Waals surface area contributed by atoms with E-state index in [9.17, 15) is 0 Å². The van der Waals surface area contributed by atoms with Crippen LogP contribution in [0.15, 0.2) is 0 Å². The van der Waals surface area contributed by atoms with Gasteiger partial charge in [-0.2, -0.15) is 4.37 Å². The van der Waals surface area contributed by atoms with Crippen molar-refractivity contribution in [2.45, 2.75) is 39.0 Å². The van der Waals surface area contributed by atoms with Gasteiger partial charge < -0.3 is 9.80 Å². The van der Waals surface area contributed by atoms with Gasteiger partial charge in [-0.25, -0.2) is 4.98 Å². The smallest absolute Gasteiger partial charge is 0.205 e. The van der Waals surface area contributed by atoms with Gasteiger partial charge in [0.1, 0.15) is 5.82 Å². The number of hydrogen-bond donors (Lipinski definition) is 0. The van der Waals surface area contributed by atoms with Crippen LogP contribution in [0.2, 0.25) is 0 Å². The minimum absolute atomic E-state index is 0.915. The molecule has 1 aliphatic heterocycles. The number of aromatic nitrogens is 2. The Kier molecular flexibility index (Phi) is 3.88. The molecule has 1 saturated heterocycles. The third-order valence-electron chi connectivity index (χ3n) is 5.75. The molecule has 0 aromatic carbocycles. The predicted octanol–water partition coefficient (Wildman–Crippen LogP) is 2.79.